The molecule has 0 bridgehead atoms. The minimum absolute atomic E-state index is 0.0302. The zero-order chi connectivity index (χ0) is 16.3. The summed E-state index contributed by atoms with van der Waals surface area (Å²) in [7, 11) is 0. The molecule has 0 aliphatic carbocycles. The van der Waals surface area contributed by atoms with Crippen LogP contribution in [0.3, 0.4) is 0 Å². The lowest BCUT2D eigenvalue weighted by Crippen LogP contribution is -2.39. The number of hydrogen-bond acceptors (Lipinski definition) is 4. The number of rotatable bonds is 5. The Morgan fingerprint density at radius 1 is 1.14 bits per heavy atom. The highest BCUT2D eigenvalue weighted by Gasteiger charge is 2.24. The molecule has 6 nitrogen and oxygen atoms in total. The number of ketones is 1. The third-order valence-corrected chi connectivity index (χ3v) is 3.08. The molecule has 116 valence electrons. The Labute approximate surface area is 124 Å². The van der Waals surface area contributed by atoms with Crippen LogP contribution in [0.15, 0.2) is 0 Å². The fraction of sp³-hybridized carbons (Fsp3) is 0.533. The van der Waals surface area contributed by atoms with E-state index in [1.54, 1.807) is 13.8 Å². The number of esters is 1. The Kier molecular flexibility index (Phi) is 5.29. The molecule has 0 unspecified atom stereocenters. The highest BCUT2D eigenvalue weighted by atomic mass is 16.5. The monoisotopic (exact) mass is 294 g/mol. The lowest BCUT2D eigenvalue weighted by Gasteiger charge is -2.15. The number of nitrogens with one attached hydrogen (secondary N) is 2. The van der Waals surface area contributed by atoms with Crippen LogP contribution < -0.4 is 5.32 Å². The van der Waals surface area contributed by atoms with Gasteiger partial charge in [-0.25, -0.2) is 4.79 Å². The van der Waals surface area contributed by atoms with E-state index in [2.05, 4.69) is 10.3 Å². The first-order valence-corrected chi connectivity index (χ1v) is 6.86. The van der Waals surface area contributed by atoms with Gasteiger partial charge in [0.15, 0.2) is 11.9 Å². The first-order valence-electron chi connectivity index (χ1n) is 6.86. The van der Waals surface area contributed by atoms with Gasteiger partial charge in [-0.15, -0.1) is 0 Å². The predicted octanol–water partition coefficient (Wildman–Crippen LogP) is 1.90. The van der Waals surface area contributed by atoms with Crippen LogP contribution in [0.4, 0.5) is 0 Å². The highest BCUT2D eigenvalue weighted by Crippen LogP contribution is 2.19. The summed E-state index contributed by atoms with van der Waals surface area (Å²) in [4.78, 5) is 38.2. The maximum Gasteiger partial charge on any atom is 0.355 e. The Bertz CT molecular complexity index is 572. The fourth-order valence-electron chi connectivity index (χ4n) is 2.16. The molecule has 0 saturated carbocycles. The minimum Gasteiger partial charge on any atom is -0.448 e. The Morgan fingerprint density at radius 2 is 1.71 bits per heavy atom. The third-order valence-electron chi connectivity index (χ3n) is 3.08. The molecular weight excluding hydrogens is 272 g/mol. The van der Waals surface area contributed by atoms with E-state index in [-0.39, 0.29) is 23.4 Å². The van der Waals surface area contributed by atoms with E-state index in [4.69, 9.17) is 4.74 Å². The van der Waals surface area contributed by atoms with Crippen molar-refractivity contribution in [1.29, 1.82) is 0 Å². The fourth-order valence-corrected chi connectivity index (χ4v) is 2.16. The Hall–Kier alpha value is -2.11. The Morgan fingerprint density at radius 3 is 2.14 bits per heavy atom. The van der Waals surface area contributed by atoms with Crippen molar-refractivity contribution in [2.45, 2.75) is 53.7 Å². The van der Waals surface area contributed by atoms with Crippen molar-refractivity contribution in [1.82, 2.24) is 10.3 Å². The molecule has 1 atom stereocenters. The third kappa shape index (κ3) is 3.93. The number of aromatic nitrogens is 1. The smallest absolute Gasteiger partial charge is 0.355 e. The van der Waals surface area contributed by atoms with E-state index in [9.17, 15) is 14.4 Å². The molecule has 6 heteroatoms. The molecular formula is C15H22N2O4. The van der Waals surface area contributed by atoms with E-state index in [0.29, 0.717) is 16.8 Å². The average Bonchev–Trinajstić information content (AvgIpc) is 2.63. The largest absolute Gasteiger partial charge is 0.448 e. The van der Waals surface area contributed by atoms with Crippen LogP contribution in [-0.2, 0) is 9.53 Å². The maximum absolute atomic E-state index is 12.1. The number of carbonyl (C=O) groups excluding carboxylic acids is 3. The summed E-state index contributed by atoms with van der Waals surface area (Å²) < 4.78 is 5.13. The van der Waals surface area contributed by atoms with Crippen LogP contribution in [0.2, 0.25) is 0 Å². The van der Waals surface area contributed by atoms with Gasteiger partial charge in [-0.05, 0) is 47.1 Å². The van der Waals surface area contributed by atoms with Gasteiger partial charge < -0.3 is 15.0 Å². The van der Waals surface area contributed by atoms with E-state index in [1.807, 2.05) is 13.8 Å². The van der Waals surface area contributed by atoms with Crippen LogP contribution in [-0.4, -0.2) is 34.8 Å². The van der Waals surface area contributed by atoms with E-state index in [1.165, 1.54) is 13.8 Å². The van der Waals surface area contributed by atoms with Crippen molar-refractivity contribution in [3.05, 3.63) is 22.5 Å². The second-order valence-electron chi connectivity index (χ2n) is 5.39. The number of hydrogen-bond donors (Lipinski definition) is 2. The molecule has 0 aliphatic rings. The van der Waals surface area contributed by atoms with Crippen molar-refractivity contribution >= 4 is 17.7 Å². The predicted molar refractivity (Wildman–Crippen MR) is 78.4 cm³/mol. The summed E-state index contributed by atoms with van der Waals surface area (Å²) in [5.41, 5.74) is 1.86. The highest BCUT2D eigenvalue weighted by molar-refractivity contribution is 6.01. The van der Waals surface area contributed by atoms with Crippen molar-refractivity contribution in [2.75, 3.05) is 0 Å². The summed E-state index contributed by atoms with van der Waals surface area (Å²) in [6.45, 7) is 9.99. The van der Waals surface area contributed by atoms with Crippen LogP contribution in [0.25, 0.3) is 0 Å². The molecule has 1 rings (SSSR count). The number of ether oxygens (including phenoxy) is 1. The van der Waals surface area contributed by atoms with Crippen LogP contribution in [0.5, 0.6) is 0 Å². The molecule has 0 aromatic carbocycles. The number of H-pyrrole nitrogens is 1. The number of carbonyl (C=O) groups is 3. The zero-order valence-corrected chi connectivity index (χ0v) is 13.3. The SMILES string of the molecule is CC(=O)c1c(C)[nH]c(C(=O)O[C@@H](C)C(=O)NC(C)C)c1C. The van der Waals surface area contributed by atoms with E-state index < -0.39 is 12.1 Å². The molecule has 0 aliphatic heterocycles. The average molecular weight is 294 g/mol. The summed E-state index contributed by atoms with van der Waals surface area (Å²) in [5.74, 6) is -1.12. The second-order valence-corrected chi connectivity index (χ2v) is 5.39. The Balaban J connectivity index is 2.88. The zero-order valence-electron chi connectivity index (χ0n) is 13.3. The quantitative estimate of drug-likeness (QED) is 0.641. The van der Waals surface area contributed by atoms with Gasteiger partial charge in [0, 0.05) is 17.3 Å². The molecule has 1 aromatic heterocycles. The molecule has 0 radical (unpaired) electrons. The lowest BCUT2D eigenvalue weighted by molar-refractivity contribution is -0.129. The van der Waals surface area contributed by atoms with Crippen LogP contribution in [0, 0.1) is 13.8 Å². The minimum atomic E-state index is -0.899. The summed E-state index contributed by atoms with van der Waals surface area (Å²) in [6.07, 6.45) is -0.899. The first kappa shape index (κ1) is 16.9. The molecule has 0 saturated heterocycles. The summed E-state index contributed by atoms with van der Waals surface area (Å²) >= 11 is 0. The van der Waals surface area contributed by atoms with Gasteiger partial charge >= 0.3 is 5.97 Å². The van der Waals surface area contributed by atoms with Gasteiger partial charge in [-0.3, -0.25) is 9.59 Å². The topological polar surface area (TPSA) is 88.3 Å². The van der Waals surface area contributed by atoms with Crippen molar-refractivity contribution in [2.24, 2.45) is 0 Å². The molecule has 0 fully saturated rings. The van der Waals surface area contributed by atoms with Gasteiger partial charge in [0.1, 0.15) is 5.69 Å². The number of aromatic amines is 1. The molecule has 0 spiro atoms. The summed E-state index contributed by atoms with van der Waals surface area (Å²) in [6, 6.07) is -0.0302. The van der Waals surface area contributed by atoms with E-state index >= 15 is 0 Å². The van der Waals surface area contributed by atoms with E-state index in [0.717, 1.165) is 0 Å². The molecule has 21 heavy (non-hydrogen) atoms. The van der Waals surface area contributed by atoms with Crippen molar-refractivity contribution < 1.29 is 19.1 Å². The summed E-state index contributed by atoms with van der Waals surface area (Å²) in [5, 5.41) is 2.67. The van der Waals surface area contributed by atoms with Gasteiger partial charge in [0.05, 0.1) is 0 Å². The van der Waals surface area contributed by atoms with Crippen LogP contribution in [0.1, 0.15) is 59.8 Å². The molecule has 1 amide bonds. The van der Waals surface area contributed by atoms with Crippen molar-refractivity contribution in [3.8, 4) is 0 Å². The normalized spacial score (nSPS) is 12.1. The second kappa shape index (κ2) is 6.56. The molecule has 1 heterocycles. The number of aryl methyl sites for hydroxylation is 1. The molecule has 1 aromatic rings. The first-order chi connectivity index (χ1) is 9.65. The number of amides is 1. The maximum atomic E-state index is 12.1. The van der Waals surface area contributed by atoms with Gasteiger partial charge in [0.25, 0.3) is 5.91 Å². The van der Waals surface area contributed by atoms with Crippen molar-refractivity contribution in [3.63, 3.8) is 0 Å². The van der Waals surface area contributed by atoms with Gasteiger partial charge in [-0.1, -0.05) is 0 Å². The van der Waals surface area contributed by atoms with Gasteiger partial charge in [0.2, 0.25) is 0 Å². The molecule has 2 N–H and O–H groups in total. The van der Waals surface area contributed by atoms with Crippen LogP contribution >= 0.6 is 0 Å². The van der Waals surface area contributed by atoms with Gasteiger partial charge in [-0.2, -0.15) is 0 Å². The lowest BCUT2D eigenvalue weighted by atomic mass is 10.1. The standard InChI is InChI=1S/C15H22N2O4/c1-7(2)16-14(19)11(6)21-15(20)13-8(3)12(10(5)18)9(4)17-13/h7,11,17H,1-6H3,(H,16,19)/t11-/m0/s1. The number of Topliss-reactive ketones (excluding diaryl/α,β-unsaturated/α-hetero) is 1.